The molecule has 0 aliphatic heterocycles. The molecule has 5 nitrogen and oxygen atoms in total. The van der Waals surface area contributed by atoms with Crippen LogP contribution in [0.4, 0.5) is 4.79 Å². The van der Waals surface area contributed by atoms with Crippen LogP contribution in [0.2, 0.25) is 0 Å². The monoisotopic (exact) mass is 215 g/mol. The summed E-state index contributed by atoms with van der Waals surface area (Å²) in [4.78, 5) is 21.4. The van der Waals surface area contributed by atoms with Gasteiger partial charge in [-0.05, 0) is 33.6 Å². The van der Waals surface area contributed by atoms with Crippen LogP contribution in [-0.2, 0) is 14.3 Å². The molecular formula is C10H17NO4. The third-order valence-corrected chi connectivity index (χ3v) is 2.06. The first-order valence-corrected chi connectivity index (χ1v) is 4.95. The van der Waals surface area contributed by atoms with E-state index in [1.807, 2.05) is 0 Å². The Balaban J connectivity index is 2.25. The predicted octanol–water partition coefficient (Wildman–Crippen LogP) is 1.22. The first kappa shape index (κ1) is 11.8. The summed E-state index contributed by atoms with van der Waals surface area (Å²) in [6.07, 6.45) is 1.10. The average Bonchev–Trinajstić information content (AvgIpc) is 2.80. The molecule has 0 radical (unpaired) electrons. The minimum Gasteiger partial charge on any atom is -0.459 e. The van der Waals surface area contributed by atoms with Crippen molar-refractivity contribution in [3.8, 4) is 0 Å². The van der Waals surface area contributed by atoms with Gasteiger partial charge in [-0.15, -0.1) is 0 Å². The molecular weight excluding hydrogens is 198 g/mol. The van der Waals surface area contributed by atoms with Gasteiger partial charge in [-0.2, -0.15) is 0 Å². The molecule has 0 aromatic carbocycles. The van der Waals surface area contributed by atoms with E-state index in [0.29, 0.717) is 13.0 Å². The Morgan fingerprint density at radius 3 is 2.47 bits per heavy atom. The minimum absolute atomic E-state index is 0.320. The normalized spacial score (nSPS) is 17.8. The summed E-state index contributed by atoms with van der Waals surface area (Å²) in [6, 6.07) is 0. The van der Waals surface area contributed by atoms with Crippen molar-refractivity contribution in [3.05, 3.63) is 0 Å². The molecule has 0 spiro atoms. The van der Waals surface area contributed by atoms with Crippen molar-refractivity contribution in [1.82, 2.24) is 5.32 Å². The summed E-state index contributed by atoms with van der Waals surface area (Å²) in [6.45, 7) is 6.12. The van der Waals surface area contributed by atoms with Crippen molar-refractivity contribution in [1.29, 1.82) is 0 Å². The number of amides is 1. The highest BCUT2D eigenvalue weighted by molar-refractivity contribution is 5.67. The Kier molecular flexibility index (Phi) is 3.21. The van der Waals surface area contributed by atoms with Gasteiger partial charge in [-0.25, -0.2) is 4.79 Å². The number of carbonyl (C=O) groups is 2. The number of hydrogen-bond donors (Lipinski definition) is 1. The fourth-order valence-corrected chi connectivity index (χ4v) is 1.13. The molecule has 1 rings (SSSR count). The van der Waals surface area contributed by atoms with Crippen LogP contribution < -0.4 is 5.32 Å². The van der Waals surface area contributed by atoms with Crippen molar-refractivity contribution in [3.63, 3.8) is 0 Å². The van der Waals surface area contributed by atoms with Crippen LogP contribution in [0.25, 0.3) is 0 Å². The highest BCUT2D eigenvalue weighted by atomic mass is 16.6. The third-order valence-electron chi connectivity index (χ3n) is 2.06. The van der Waals surface area contributed by atoms with Gasteiger partial charge in [0, 0.05) is 0 Å². The lowest BCUT2D eigenvalue weighted by molar-refractivity contribution is -0.135. The van der Waals surface area contributed by atoms with Gasteiger partial charge in [-0.1, -0.05) is 0 Å². The second-order valence-corrected chi connectivity index (χ2v) is 4.75. The lowest BCUT2D eigenvalue weighted by Crippen LogP contribution is -2.38. The largest absolute Gasteiger partial charge is 0.459 e. The van der Waals surface area contributed by atoms with Gasteiger partial charge in [0.2, 0.25) is 0 Å². The molecule has 0 aromatic rings. The summed E-state index contributed by atoms with van der Waals surface area (Å²) in [5.74, 6) is 0. The summed E-state index contributed by atoms with van der Waals surface area (Å²) < 4.78 is 9.92. The minimum atomic E-state index is -0.508. The second-order valence-electron chi connectivity index (χ2n) is 4.75. The van der Waals surface area contributed by atoms with Crippen molar-refractivity contribution < 1.29 is 19.1 Å². The molecule has 1 aliphatic carbocycles. The third kappa shape index (κ3) is 4.18. The van der Waals surface area contributed by atoms with E-state index < -0.39 is 17.3 Å². The van der Waals surface area contributed by atoms with E-state index in [1.165, 1.54) is 0 Å². The van der Waals surface area contributed by atoms with Gasteiger partial charge in [0.15, 0.2) is 0 Å². The van der Waals surface area contributed by atoms with Crippen LogP contribution in [0, 0.1) is 0 Å². The average molecular weight is 215 g/mol. The van der Waals surface area contributed by atoms with E-state index in [2.05, 4.69) is 5.32 Å². The molecule has 0 saturated heterocycles. The van der Waals surface area contributed by atoms with Gasteiger partial charge in [0.1, 0.15) is 11.2 Å². The first-order valence-electron chi connectivity index (χ1n) is 4.95. The Bertz CT molecular complexity index is 253. The number of rotatable bonds is 4. The first-order chi connectivity index (χ1) is 6.87. The molecule has 1 fully saturated rings. The highest BCUT2D eigenvalue weighted by Gasteiger charge is 2.45. The lowest BCUT2D eigenvalue weighted by atomic mass is 10.2. The van der Waals surface area contributed by atoms with Gasteiger partial charge in [0.25, 0.3) is 6.47 Å². The Morgan fingerprint density at radius 1 is 1.47 bits per heavy atom. The Morgan fingerprint density at radius 2 is 2.07 bits per heavy atom. The molecule has 0 bridgehead atoms. The zero-order chi connectivity index (χ0) is 11.5. The molecule has 0 atom stereocenters. The zero-order valence-electron chi connectivity index (χ0n) is 9.33. The molecule has 0 unspecified atom stereocenters. The molecule has 1 amide bonds. The topological polar surface area (TPSA) is 64.6 Å². The maximum Gasteiger partial charge on any atom is 0.407 e. The number of carbonyl (C=O) groups excluding carboxylic acids is 2. The molecule has 1 aliphatic rings. The van der Waals surface area contributed by atoms with E-state index in [4.69, 9.17) is 9.47 Å². The predicted molar refractivity (Wildman–Crippen MR) is 53.4 cm³/mol. The Hall–Kier alpha value is -1.26. The smallest absolute Gasteiger partial charge is 0.407 e. The van der Waals surface area contributed by atoms with E-state index >= 15 is 0 Å². The number of nitrogens with one attached hydrogen (secondary N) is 1. The van der Waals surface area contributed by atoms with Crippen molar-refractivity contribution in [2.45, 2.75) is 44.8 Å². The summed E-state index contributed by atoms with van der Waals surface area (Å²) in [7, 11) is 0. The SMILES string of the molecule is CC(C)(C)OC(=O)NCC1(OC=O)CC1. The fraction of sp³-hybridized carbons (Fsp3) is 0.800. The van der Waals surface area contributed by atoms with Gasteiger partial charge in [-0.3, -0.25) is 4.79 Å². The maximum atomic E-state index is 11.3. The number of alkyl carbamates (subject to hydrolysis) is 1. The highest BCUT2D eigenvalue weighted by Crippen LogP contribution is 2.38. The van der Waals surface area contributed by atoms with Crippen molar-refractivity contribution >= 4 is 12.6 Å². The summed E-state index contributed by atoms with van der Waals surface area (Å²) in [5, 5.41) is 2.58. The molecule has 15 heavy (non-hydrogen) atoms. The number of ether oxygens (including phenoxy) is 2. The van der Waals surface area contributed by atoms with Gasteiger partial charge in [0.05, 0.1) is 6.54 Å². The zero-order valence-corrected chi connectivity index (χ0v) is 9.33. The van der Waals surface area contributed by atoms with E-state index in [-0.39, 0.29) is 0 Å². The molecule has 86 valence electrons. The summed E-state index contributed by atoms with van der Waals surface area (Å²) in [5.41, 5.74) is -0.981. The maximum absolute atomic E-state index is 11.3. The van der Waals surface area contributed by atoms with Crippen LogP contribution in [-0.4, -0.2) is 30.3 Å². The molecule has 0 aromatic heterocycles. The molecule has 1 N–H and O–H groups in total. The molecule has 0 heterocycles. The van der Waals surface area contributed by atoms with E-state index in [1.54, 1.807) is 20.8 Å². The fourth-order valence-electron chi connectivity index (χ4n) is 1.13. The van der Waals surface area contributed by atoms with Crippen molar-refractivity contribution in [2.75, 3.05) is 6.54 Å². The standard InChI is InChI=1S/C10H17NO4/c1-9(2,3)15-8(13)11-6-10(4-5-10)14-7-12/h7H,4-6H2,1-3H3,(H,11,13). The van der Waals surface area contributed by atoms with Crippen LogP contribution in [0.3, 0.4) is 0 Å². The molecule has 5 heteroatoms. The second kappa shape index (κ2) is 4.08. The van der Waals surface area contributed by atoms with Crippen LogP contribution >= 0.6 is 0 Å². The van der Waals surface area contributed by atoms with Gasteiger partial charge >= 0.3 is 6.09 Å². The Labute approximate surface area is 89.1 Å². The molecule has 1 saturated carbocycles. The van der Waals surface area contributed by atoms with Gasteiger partial charge < -0.3 is 14.8 Å². The van der Waals surface area contributed by atoms with Crippen LogP contribution in [0.1, 0.15) is 33.6 Å². The number of hydrogen-bond acceptors (Lipinski definition) is 4. The lowest BCUT2D eigenvalue weighted by Gasteiger charge is -2.21. The van der Waals surface area contributed by atoms with Crippen molar-refractivity contribution in [2.24, 2.45) is 0 Å². The summed E-state index contributed by atoms with van der Waals surface area (Å²) >= 11 is 0. The van der Waals surface area contributed by atoms with Crippen LogP contribution in [0.5, 0.6) is 0 Å². The quantitative estimate of drug-likeness (QED) is 0.716. The van der Waals surface area contributed by atoms with Crippen LogP contribution in [0.15, 0.2) is 0 Å². The van der Waals surface area contributed by atoms with E-state index in [9.17, 15) is 9.59 Å². The van der Waals surface area contributed by atoms with E-state index in [0.717, 1.165) is 12.8 Å².